The molecule has 3 heterocycles. The molecule has 7 heteroatoms. The fourth-order valence-electron chi connectivity index (χ4n) is 1.96. The van der Waals surface area contributed by atoms with Crippen LogP contribution in [0.3, 0.4) is 0 Å². The maximum absolute atomic E-state index is 13.2. The molecule has 0 fully saturated rings. The largest absolute Gasteiger partial charge is 0.261 e. The normalized spacial score (nSPS) is 12.1. The van der Waals surface area contributed by atoms with Gasteiger partial charge >= 0.3 is 0 Å². The molecule has 0 saturated carbocycles. The molecule has 0 radical (unpaired) electrons. The van der Waals surface area contributed by atoms with Crippen LogP contribution in [-0.2, 0) is 5.41 Å². The van der Waals surface area contributed by atoms with Crippen LogP contribution in [0, 0.1) is 0 Å². The molecule has 0 unspecified atom stereocenters. The van der Waals surface area contributed by atoms with Gasteiger partial charge in [-0.3, -0.25) is 14.8 Å². The van der Waals surface area contributed by atoms with Crippen molar-refractivity contribution in [2.75, 3.05) is 12.1 Å². The molecule has 5 nitrogen and oxygen atoms in total. The Hall–Kier alpha value is -2.41. The first-order chi connectivity index (χ1) is 11.1. The van der Waals surface area contributed by atoms with Gasteiger partial charge in [0.2, 0.25) is 0 Å². The zero-order chi connectivity index (χ0) is 16.3. The van der Waals surface area contributed by atoms with Gasteiger partial charge in [-0.25, -0.2) is 9.97 Å². The number of alkyl halides is 1. The number of nitrogens with zero attached hydrogens (tertiary/aromatic N) is 4. The first-order valence-corrected chi connectivity index (χ1v) is 7.93. The highest BCUT2D eigenvalue weighted by atomic mass is 32.1. The van der Waals surface area contributed by atoms with Gasteiger partial charge in [0, 0.05) is 16.5 Å². The molecule has 23 heavy (non-hydrogen) atoms. The third-order valence-corrected chi connectivity index (χ3v) is 4.79. The molecule has 0 aliphatic heterocycles. The van der Waals surface area contributed by atoms with Crippen molar-refractivity contribution >= 4 is 33.6 Å². The van der Waals surface area contributed by atoms with Gasteiger partial charge in [0.1, 0.15) is 11.2 Å². The second-order valence-corrected chi connectivity index (χ2v) is 6.72. The SMILES string of the molecule is CC(C)(CF)c1cc2c(NN=Cc3ccccn3)ncnc2s1. The Morgan fingerprint density at radius 2 is 2.17 bits per heavy atom. The number of halogens is 1. The quantitative estimate of drug-likeness (QED) is 0.571. The molecule has 3 rings (SSSR count). The Morgan fingerprint density at radius 3 is 2.91 bits per heavy atom. The Kier molecular flexibility index (Phi) is 4.29. The maximum Gasteiger partial charge on any atom is 0.158 e. The lowest BCUT2D eigenvalue weighted by molar-refractivity contribution is 0.356. The van der Waals surface area contributed by atoms with Gasteiger partial charge in [0.15, 0.2) is 5.82 Å². The van der Waals surface area contributed by atoms with E-state index in [1.165, 1.54) is 17.7 Å². The highest BCUT2D eigenvalue weighted by Crippen LogP contribution is 2.35. The van der Waals surface area contributed by atoms with Crippen LogP contribution in [0.5, 0.6) is 0 Å². The summed E-state index contributed by atoms with van der Waals surface area (Å²) in [7, 11) is 0. The molecule has 0 atom stereocenters. The van der Waals surface area contributed by atoms with Crippen molar-refractivity contribution in [1.82, 2.24) is 15.0 Å². The molecule has 1 N–H and O–H groups in total. The number of hydrogen-bond donors (Lipinski definition) is 1. The minimum Gasteiger partial charge on any atom is -0.261 e. The molecular formula is C16H16FN5S. The molecule has 3 aromatic rings. The number of hydrogen-bond acceptors (Lipinski definition) is 6. The number of hydrazone groups is 1. The standard InChI is InChI=1S/C16H16FN5S/c1-16(2,9-17)13-7-12-14(19-10-20-15(12)23-13)22-21-8-11-5-3-4-6-18-11/h3-8,10H,9H2,1-2H3,(H,19,20,22). The number of pyridine rings is 1. The van der Waals surface area contributed by atoms with Gasteiger partial charge in [-0.05, 0) is 18.2 Å². The van der Waals surface area contributed by atoms with Gasteiger partial charge in [-0.2, -0.15) is 5.10 Å². The van der Waals surface area contributed by atoms with Crippen LogP contribution >= 0.6 is 11.3 Å². The van der Waals surface area contributed by atoms with Gasteiger partial charge < -0.3 is 0 Å². The van der Waals surface area contributed by atoms with Gasteiger partial charge in [-0.1, -0.05) is 19.9 Å². The topological polar surface area (TPSA) is 63.1 Å². The molecule has 3 aromatic heterocycles. The Morgan fingerprint density at radius 1 is 1.30 bits per heavy atom. The van der Waals surface area contributed by atoms with E-state index >= 15 is 0 Å². The van der Waals surface area contributed by atoms with Gasteiger partial charge in [0.05, 0.1) is 24.0 Å². The van der Waals surface area contributed by atoms with Crippen molar-refractivity contribution in [3.63, 3.8) is 0 Å². The summed E-state index contributed by atoms with van der Waals surface area (Å²) < 4.78 is 13.2. The van der Waals surface area contributed by atoms with Crippen LogP contribution in [0.2, 0.25) is 0 Å². The number of fused-ring (bicyclic) bond motifs is 1. The van der Waals surface area contributed by atoms with E-state index < -0.39 is 12.1 Å². The second-order valence-electron chi connectivity index (χ2n) is 5.69. The van der Waals surface area contributed by atoms with E-state index in [1.54, 1.807) is 12.4 Å². The lowest BCUT2D eigenvalue weighted by Gasteiger charge is -2.17. The van der Waals surface area contributed by atoms with Gasteiger partial charge in [-0.15, -0.1) is 11.3 Å². The summed E-state index contributed by atoms with van der Waals surface area (Å²) >= 11 is 1.48. The van der Waals surface area contributed by atoms with Crippen molar-refractivity contribution in [3.8, 4) is 0 Å². The molecule has 0 spiro atoms. The summed E-state index contributed by atoms with van der Waals surface area (Å²) in [5.41, 5.74) is 3.13. The lowest BCUT2D eigenvalue weighted by Crippen LogP contribution is -2.17. The number of anilines is 1. The Balaban J connectivity index is 1.88. The molecule has 0 aliphatic rings. The van der Waals surface area contributed by atoms with Crippen LogP contribution in [0.15, 0.2) is 41.9 Å². The zero-order valence-corrected chi connectivity index (χ0v) is 13.6. The third-order valence-electron chi connectivity index (χ3n) is 3.39. The Bertz CT molecular complexity index is 829. The molecular weight excluding hydrogens is 313 g/mol. The van der Waals surface area contributed by atoms with E-state index in [2.05, 4.69) is 25.5 Å². The number of thiophene rings is 1. The predicted octanol–water partition coefficient (Wildman–Crippen LogP) is 3.78. The van der Waals surface area contributed by atoms with Crippen molar-refractivity contribution in [1.29, 1.82) is 0 Å². The smallest absolute Gasteiger partial charge is 0.158 e. The van der Waals surface area contributed by atoms with Crippen LogP contribution in [-0.4, -0.2) is 27.8 Å². The van der Waals surface area contributed by atoms with E-state index in [4.69, 9.17) is 0 Å². The third kappa shape index (κ3) is 3.34. The summed E-state index contributed by atoms with van der Waals surface area (Å²) in [6.07, 6.45) is 4.80. The van der Waals surface area contributed by atoms with Crippen LogP contribution in [0.1, 0.15) is 24.4 Å². The number of nitrogens with one attached hydrogen (secondary N) is 1. The fraction of sp³-hybridized carbons (Fsp3) is 0.250. The highest BCUT2D eigenvalue weighted by molar-refractivity contribution is 7.18. The van der Waals surface area contributed by atoms with E-state index in [0.29, 0.717) is 5.82 Å². The highest BCUT2D eigenvalue weighted by Gasteiger charge is 2.24. The van der Waals surface area contributed by atoms with Gasteiger partial charge in [0.25, 0.3) is 0 Å². The fourth-order valence-corrected chi connectivity index (χ4v) is 3.04. The minimum absolute atomic E-state index is 0.423. The van der Waals surface area contributed by atoms with Crippen LogP contribution in [0.4, 0.5) is 10.2 Å². The van der Waals surface area contributed by atoms with Crippen molar-refractivity contribution in [2.24, 2.45) is 5.10 Å². The van der Waals surface area contributed by atoms with E-state index in [1.807, 2.05) is 38.1 Å². The summed E-state index contributed by atoms with van der Waals surface area (Å²) in [5.74, 6) is 0.597. The molecule has 0 bridgehead atoms. The Labute approximate surface area is 137 Å². The number of rotatable bonds is 5. The summed E-state index contributed by atoms with van der Waals surface area (Å²) in [5, 5.41) is 5.00. The zero-order valence-electron chi connectivity index (χ0n) is 12.8. The molecule has 0 aliphatic carbocycles. The molecule has 0 saturated heterocycles. The first kappa shape index (κ1) is 15.5. The minimum atomic E-state index is -0.528. The van der Waals surface area contributed by atoms with E-state index in [9.17, 15) is 4.39 Å². The van der Waals surface area contributed by atoms with Crippen molar-refractivity contribution in [2.45, 2.75) is 19.3 Å². The molecule has 0 amide bonds. The monoisotopic (exact) mass is 329 g/mol. The van der Waals surface area contributed by atoms with Crippen molar-refractivity contribution in [3.05, 3.63) is 47.4 Å². The first-order valence-electron chi connectivity index (χ1n) is 7.11. The van der Waals surface area contributed by atoms with Crippen molar-refractivity contribution < 1.29 is 4.39 Å². The molecule has 0 aromatic carbocycles. The van der Waals surface area contributed by atoms with Crippen LogP contribution < -0.4 is 5.43 Å². The predicted molar refractivity (Wildman–Crippen MR) is 91.9 cm³/mol. The second kappa shape index (κ2) is 6.37. The number of aromatic nitrogens is 3. The van der Waals surface area contributed by atoms with E-state index in [-0.39, 0.29) is 0 Å². The maximum atomic E-state index is 13.2. The van der Waals surface area contributed by atoms with E-state index in [0.717, 1.165) is 20.8 Å². The summed E-state index contributed by atoms with van der Waals surface area (Å²) in [6.45, 7) is 3.32. The average molecular weight is 329 g/mol. The molecule has 118 valence electrons. The summed E-state index contributed by atoms with van der Waals surface area (Å²) in [4.78, 5) is 14.4. The lowest BCUT2D eigenvalue weighted by atomic mass is 9.93. The summed E-state index contributed by atoms with van der Waals surface area (Å²) in [6, 6.07) is 7.52. The van der Waals surface area contributed by atoms with Crippen LogP contribution in [0.25, 0.3) is 10.2 Å². The average Bonchev–Trinajstić information content (AvgIpc) is 3.02.